The Morgan fingerprint density at radius 2 is 1.88 bits per heavy atom. The highest BCUT2D eigenvalue weighted by molar-refractivity contribution is 5.94. The minimum absolute atomic E-state index is 0.00106. The van der Waals surface area contributed by atoms with Crippen LogP contribution < -0.4 is 10.2 Å². The number of para-hydroxylation sites is 3. The number of nitrogens with one attached hydrogen (secondary N) is 1. The fraction of sp³-hybridized carbons (Fsp3) is 0.222. The van der Waals surface area contributed by atoms with Crippen LogP contribution in [0.2, 0.25) is 0 Å². The molecular formula is C18H20N4O2. The first-order valence-electron chi connectivity index (χ1n) is 7.82. The van der Waals surface area contributed by atoms with E-state index in [1.54, 1.807) is 11.9 Å². The second-order valence-electron chi connectivity index (χ2n) is 5.45. The summed E-state index contributed by atoms with van der Waals surface area (Å²) in [5.41, 5.74) is 2.54. The quantitative estimate of drug-likeness (QED) is 0.728. The van der Waals surface area contributed by atoms with Crippen LogP contribution in [0.4, 0.5) is 11.6 Å². The summed E-state index contributed by atoms with van der Waals surface area (Å²) in [4.78, 5) is 18.8. The molecule has 0 radical (unpaired) electrons. The average Bonchev–Trinajstić information content (AvgIpc) is 2.97. The zero-order valence-electron chi connectivity index (χ0n) is 13.5. The molecule has 1 amide bonds. The molecule has 124 valence electrons. The third-order valence-electron chi connectivity index (χ3n) is 3.86. The second kappa shape index (κ2) is 7.14. The standard InChI is InChI=1S/C18H20N4O2/c1-21(14-7-3-2-4-8-14)17(24)13-22-16-10-6-5-9-15(16)20-18(22)19-11-12-23/h2-10,23H,11-13H2,1H3,(H,19,20). The van der Waals surface area contributed by atoms with Crippen LogP contribution >= 0.6 is 0 Å². The van der Waals surface area contributed by atoms with Crippen LogP contribution in [-0.2, 0) is 11.3 Å². The number of aromatic nitrogens is 2. The molecule has 1 aromatic heterocycles. The van der Waals surface area contributed by atoms with Gasteiger partial charge in [0.1, 0.15) is 6.54 Å². The number of carbonyl (C=O) groups is 1. The molecule has 0 atom stereocenters. The zero-order chi connectivity index (χ0) is 16.9. The number of anilines is 2. The molecule has 0 saturated heterocycles. The van der Waals surface area contributed by atoms with Gasteiger partial charge in [-0.25, -0.2) is 4.98 Å². The lowest BCUT2D eigenvalue weighted by Crippen LogP contribution is -2.30. The topological polar surface area (TPSA) is 70.4 Å². The van der Waals surface area contributed by atoms with Crippen molar-refractivity contribution >= 4 is 28.6 Å². The summed E-state index contributed by atoms with van der Waals surface area (Å²) in [5.74, 6) is 0.538. The van der Waals surface area contributed by atoms with E-state index in [4.69, 9.17) is 5.11 Å². The van der Waals surface area contributed by atoms with Gasteiger partial charge < -0.3 is 19.9 Å². The third kappa shape index (κ3) is 3.23. The second-order valence-corrected chi connectivity index (χ2v) is 5.45. The van der Waals surface area contributed by atoms with Gasteiger partial charge in [-0.3, -0.25) is 4.79 Å². The largest absolute Gasteiger partial charge is 0.395 e. The van der Waals surface area contributed by atoms with Crippen molar-refractivity contribution in [2.75, 3.05) is 30.4 Å². The van der Waals surface area contributed by atoms with Gasteiger partial charge in [0.25, 0.3) is 0 Å². The monoisotopic (exact) mass is 324 g/mol. The number of carbonyl (C=O) groups excluding carboxylic acids is 1. The summed E-state index contributed by atoms with van der Waals surface area (Å²) in [5, 5.41) is 12.1. The molecule has 24 heavy (non-hydrogen) atoms. The Morgan fingerprint density at radius 1 is 1.17 bits per heavy atom. The van der Waals surface area contributed by atoms with E-state index >= 15 is 0 Å². The summed E-state index contributed by atoms with van der Waals surface area (Å²) in [6.07, 6.45) is 0. The minimum atomic E-state index is -0.0450. The number of rotatable bonds is 6. The number of nitrogens with zero attached hydrogens (tertiary/aromatic N) is 3. The highest BCUT2D eigenvalue weighted by atomic mass is 16.3. The number of fused-ring (bicyclic) bond motifs is 1. The average molecular weight is 324 g/mol. The molecule has 6 nitrogen and oxygen atoms in total. The van der Waals surface area contributed by atoms with E-state index in [0.717, 1.165) is 16.7 Å². The first-order valence-corrected chi connectivity index (χ1v) is 7.82. The Labute approximate surface area is 140 Å². The van der Waals surface area contributed by atoms with Gasteiger partial charge in [-0.05, 0) is 24.3 Å². The maximum Gasteiger partial charge on any atom is 0.246 e. The molecule has 0 bridgehead atoms. The van der Waals surface area contributed by atoms with E-state index in [-0.39, 0.29) is 19.1 Å². The van der Waals surface area contributed by atoms with Crippen LogP contribution in [0.1, 0.15) is 0 Å². The molecule has 2 aromatic carbocycles. The number of imidazole rings is 1. The Kier molecular flexibility index (Phi) is 4.77. The molecule has 0 fully saturated rings. The molecule has 0 aliphatic rings. The van der Waals surface area contributed by atoms with Crippen LogP contribution in [0.15, 0.2) is 54.6 Å². The van der Waals surface area contributed by atoms with Gasteiger partial charge in [-0.2, -0.15) is 0 Å². The van der Waals surface area contributed by atoms with Crippen molar-refractivity contribution in [1.29, 1.82) is 0 Å². The van der Waals surface area contributed by atoms with Crippen molar-refractivity contribution in [3.8, 4) is 0 Å². The lowest BCUT2D eigenvalue weighted by Gasteiger charge is -2.18. The summed E-state index contributed by atoms with van der Waals surface area (Å²) >= 11 is 0. The predicted molar refractivity (Wildman–Crippen MR) is 95.2 cm³/mol. The van der Waals surface area contributed by atoms with E-state index < -0.39 is 0 Å². The minimum Gasteiger partial charge on any atom is -0.395 e. The summed E-state index contributed by atoms with van der Waals surface area (Å²) in [7, 11) is 1.76. The number of amides is 1. The van der Waals surface area contributed by atoms with E-state index in [9.17, 15) is 4.79 Å². The van der Waals surface area contributed by atoms with E-state index in [1.165, 1.54) is 0 Å². The van der Waals surface area contributed by atoms with Gasteiger partial charge in [-0.1, -0.05) is 30.3 Å². The number of likely N-dealkylation sites (N-methyl/N-ethyl adjacent to an activating group) is 1. The van der Waals surface area contributed by atoms with E-state index in [0.29, 0.717) is 12.5 Å². The Balaban J connectivity index is 1.89. The third-order valence-corrected chi connectivity index (χ3v) is 3.86. The maximum atomic E-state index is 12.7. The highest BCUT2D eigenvalue weighted by Crippen LogP contribution is 2.20. The van der Waals surface area contributed by atoms with Crippen molar-refractivity contribution in [2.24, 2.45) is 0 Å². The summed E-state index contributed by atoms with van der Waals surface area (Å²) < 4.78 is 1.84. The molecule has 3 rings (SSSR count). The predicted octanol–water partition coefficient (Wildman–Crippen LogP) is 2.10. The van der Waals surface area contributed by atoms with Crippen LogP contribution in [0, 0.1) is 0 Å². The Bertz CT molecular complexity index is 829. The Hall–Kier alpha value is -2.86. The molecule has 0 saturated carbocycles. The van der Waals surface area contributed by atoms with Gasteiger partial charge in [0, 0.05) is 19.3 Å². The normalized spacial score (nSPS) is 10.8. The number of aliphatic hydroxyl groups excluding tert-OH is 1. The molecule has 6 heteroatoms. The maximum absolute atomic E-state index is 12.7. The molecule has 1 heterocycles. The van der Waals surface area contributed by atoms with Crippen molar-refractivity contribution in [3.05, 3.63) is 54.6 Å². The smallest absolute Gasteiger partial charge is 0.246 e. The van der Waals surface area contributed by atoms with Gasteiger partial charge in [0.05, 0.1) is 17.6 Å². The fourth-order valence-electron chi connectivity index (χ4n) is 2.58. The van der Waals surface area contributed by atoms with Gasteiger partial charge >= 0.3 is 0 Å². The fourth-order valence-corrected chi connectivity index (χ4v) is 2.58. The van der Waals surface area contributed by atoms with Crippen LogP contribution in [0.5, 0.6) is 0 Å². The first kappa shape index (κ1) is 16.0. The molecule has 3 aromatic rings. The first-order chi connectivity index (χ1) is 11.7. The molecule has 0 aliphatic carbocycles. The van der Waals surface area contributed by atoms with Crippen LogP contribution in [0.25, 0.3) is 11.0 Å². The summed E-state index contributed by atoms with van der Waals surface area (Å²) in [6, 6.07) is 17.2. The van der Waals surface area contributed by atoms with Crippen molar-refractivity contribution < 1.29 is 9.90 Å². The van der Waals surface area contributed by atoms with Crippen molar-refractivity contribution in [3.63, 3.8) is 0 Å². The molecular weight excluding hydrogens is 304 g/mol. The summed E-state index contributed by atoms with van der Waals surface area (Å²) in [6.45, 7) is 0.548. The zero-order valence-corrected chi connectivity index (χ0v) is 13.5. The lowest BCUT2D eigenvalue weighted by molar-refractivity contribution is -0.118. The van der Waals surface area contributed by atoms with Gasteiger partial charge in [0.15, 0.2) is 0 Å². The highest BCUT2D eigenvalue weighted by Gasteiger charge is 2.16. The Morgan fingerprint density at radius 3 is 2.62 bits per heavy atom. The van der Waals surface area contributed by atoms with E-state index in [2.05, 4.69) is 10.3 Å². The van der Waals surface area contributed by atoms with Gasteiger partial charge in [-0.15, -0.1) is 0 Å². The van der Waals surface area contributed by atoms with Crippen molar-refractivity contribution in [1.82, 2.24) is 9.55 Å². The number of benzene rings is 2. The number of hydrogen-bond acceptors (Lipinski definition) is 4. The molecule has 0 aliphatic heterocycles. The molecule has 0 unspecified atom stereocenters. The van der Waals surface area contributed by atoms with Crippen molar-refractivity contribution in [2.45, 2.75) is 6.54 Å². The number of aliphatic hydroxyl groups is 1. The molecule has 2 N–H and O–H groups in total. The lowest BCUT2D eigenvalue weighted by atomic mass is 10.3. The van der Waals surface area contributed by atoms with Crippen LogP contribution in [-0.4, -0.2) is 40.8 Å². The number of hydrogen-bond donors (Lipinski definition) is 2. The van der Waals surface area contributed by atoms with Crippen LogP contribution in [0.3, 0.4) is 0 Å². The van der Waals surface area contributed by atoms with E-state index in [1.807, 2.05) is 59.2 Å². The SMILES string of the molecule is CN(C(=O)Cn1c(NCCO)nc2ccccc21)c1ccccc1. The molecule has 0 spiro atoms. The van der Waals surface area contributed by atoms with Gasteiger partial charge in [0.2, 0.25) is 11.9 Å².